The van der Waals surface area contributed by atoms with Gasteiger partial charge in [-0.3, -0.25) is 0 Å². The molecule has 8 heteroatoms. The molecule has 0 bridgehead atoms. The van der Waals surface area contributed by atoms with Gasteiger partial charge in [-0.05, 0) is 30.5 Å². The maximum atomic E-state index is 12.9. The normalized spacial score (nSPS) is 14.2. The topological polar surface area (TPSA) is 54.4 Å². The van der Waals surface area contributed by atoms with Gasteiger partial charge in [-0.1, -0.05) is 13.0 Å². The number of aliphatic hydroxyl groups is 1. The van der Waals surface area contributed by atoms with Crippen molar-refractivity contribution in [2.75, 3.05) is 11.5 Å². The number of sulfone groups is 1. The summed E-state index contributed by atoms with van der Waals surface area (Å²) in [6, 6.07) is 2.02. The Labute approximate surface area is 120 Å². The summed E-state index contributed by atoms with van der Waals surface area (Å²) >= 11 is 0. The molecule has 0 aliphatic carbocycles. The minimum absolute atomic E-state index is 0.0337. The predicted molar refractivity (Wildman–Crippen MR) is 69.9 cm³/mol. The van der Waals surface area contributed by atoms with Crippen molar-refractivity contribution in [1.29, 1.82) is 0 Å². The monoisotopic (exact) mass is 328 g/mol. The highest BCUT2D eigenvalue weighted by molar-refractivity contribution is 7.91. The van der Waals surface area contributed by atoms with Crippen LogP contribution < -0.4 is 0 Å². The summed E-state index contributed by atoms with van der Waals surface area (Å²) in [5, 5.41) is 9.81. The molecule has 1 unspecified atom stereocenters. The van der Waals surface area contributed by atoms with E-state index in [1.807, 2.05) is 0 Å². The molecule has 0 saturated carbocycles. The lowest BCUT2D eigenvalue weighted by atomic mass is 9.99. The maximum absolute atomic E-state index is 12.9. The molecular formula is C13H16F4O3S. The summed E-state index contributed by atoms with van der Waals surface area (Å²) in [6.07, 6.45) is -6.39. The van der Waals surface area contributed by atoms with Gasteiger partial charge in [0.2, 0.25) is 0 Å². The molecule has 0 amide bonds. The van der Waals surface area contributed by atoms with Crippen molar-refractivity contribution in [3.05, 3.63) is 35.1 Å². The zero-order valence-electron chi connectivity index (χ0n) is 11.3. The van der Waals surface area contributed by atoms with Crippen molar-refractivity contribution >= 4 is 9.84 Å². The average Bonchev–Trinajstić information content (AvgIpc) is 2.37. The molecule has 21 heavy (non-hydrogen) atoms. The van der Waals surface area contributed by atoms with Gasteiger partial charge in [0.15, 0.2) is 0 Å². The Morgan fingerprint density at radius 1 is 1.29 bits per heavy atom. The third-order valence-corrected chi connectivity index (χ3v) is 4.84. The van der Waals surface area contributed by atoms with Crippen LogP contribution in [0.1, 0.15) is 37.0 Å². The average molecular weight is 328 g/mol. The Morgan fingerprint density at radius 2 is 1.90 bits per heavy atom. The largest absolute Gasteiger partial charge is 0.416 e. The second kappa shape index (κ2) is 6.74. The fraction of sp³-hybridized carbons (Fsp3) is 0.538. The van der Waals surface area contributed by atoms with Gasteiger partial charge in [0, 0.05) is 5.75 Å². The highest BCUT2D eigenvalue weighted by Crippen LogP contribution is 2.36. The van der Waals surface area contributed by atoms with Crippen molar-refractivity contribution in [1.82, 2.24) is 0 Å². The van der Waals surface area contributed by atoms with Crippen LogP contribution in [0.2, 0.25) is 0 Å². The molecule has 0 radical (unpaired) electrons. The van der Waals surface area contributed by atoms with E-state index in [1.54, 1.807) is 0 Å². The van der Waals surface area contributed by atoms with Crippen molar-refractivity contribution in [2.45, 2.75) is 32.0 Å². The molecule has 1 aromatic rings. The van der Waals surface area contributed by atoms with Crippen molar-refractivity contribution < 1.29 is 31.1 Å². The van der Waals surface area contributed by atoms with E-state index in [2.05, 4.69) is 0 Å². The van der Waals surface area contributed by atoms with Gasteiger partial charge in [-0.2, -0.15) is 13.2 Å². The number of aliphatic hydroxyl groups excluding tert-OH is 1. The van der Waals surface area contributed by atoms with Gasteiger partial charge in [0.25, 0.3) is 0 Å². The summed E-state index contributed by atoms with van der Waals surface area (Å²) < 4.78 is 73.8. The third kappa shape index (κ3) is 5.28. The zero-order chi connectivity index (χ0) is 16.3. The van der Waals surface area contributed by atoms with Crippen molar-refractivity contribution in [2.24, 2.45) is 0 Å². The van der Waals surface area contributed by atoms with E-state index in [9.17, 15) is 31.1 Å². The summed E-state index contributed by atoms with van der Waals surface area (Å²) in [4.78, 5) is 0. The molecule has 1 rings (SSSR count). The first-order valence-electron chi connectivity index (χ1n) is 6.32. The van der Waals surface area contributed by atoms with E-state index >= 15 is 0 Å². The van der Waals surface area contributed by atoms with Gasteiger partial charge in [-0.25, -0.2) is 12.8 Å². The highest BCUT2D eigenvalue weighted by atomic mass is 32.2. The smallest absolute Gasteiger partial charge is 0.388 e. The number of rotatable bonds is 6. The van der Waals surface area contributed by atoms with Gasteiger partial charge in [-0.15, -0.1) is 0 Å². The number of hydrogen-bond donors (Lipinski definition) is 1. The molecule has 0 heterocycles. The number of alkyl halides is 3. The fourth-order valence-electron chi connectivity index (χ4n) is 1.86. The molecule has 1 aromatic carbocycles. The van der Waals surface area contributed by atoms with Crippen LogP contribution in [0.25, 0.3) is 0 Å². The van der Waals surface area contributed by atoms with Gasteiger partial charge >= 0.3 is 6.18 Å². The molecule has 0 fully saturated rings. The Hall–Kier alpha value is -1.15. The SMILES string of the molecule is CCS(=O)(=O)CCCC(O)c1ccc(F)cc1C(F)(F)F. The van der Waals surface area contributed by atoms with Crippen molar-refractivity contribution in [3.8, 4) is 0 Å². The van der Waals surface area contributed by atoms with Crippen LogP contribution in [0, 0.1) is 5.82 Å². The number of hydrogen-bond acceptors (Lipinski definition) is 3. The predicted octanol–water partition coefficient (Wildman–Crippen LogP) is 3.09. The molecule has 1 atom stereocenters. The van der Waals surface area contributed by atoms with E-state index in [1.165, 1.54) is 6.92 Å². The lowest BCUT2D eigenvalue weighted by Crippen LogP contribution is -2.14. The van der Waals surface area contributed by atoms with E-state index < -0.39 is 39.1 Å². The van der Waals surface area contributed by atoms with Crippen LogP contribution in [0.4, 0.5) is 17.6 Å². The minimum Gasteiger partial charge on any atom is -0.388 e. The summed E-state index contributed by atoms with van der Waals surface area (Å²) in [5.41, 5.74) is -1.69. The van der Waals surface area contributed by atoms with Gasteiger partial charge < -0.3 is 5.11 Å². The van der Waals surface area contributed by atoms with E-state index in [0.717, 1.165) is 12.1 Å². The van der Waals surface area contributed by atoms with Gasteiger partial charge in [0.1, 0.15) is 15.7 Å². The molecule has 3 nitrogen and oxygen atoms in total. The maximum Gasteiger partial charge on any atom is 0.416 e. The Bertz CT molecular complexity index is 582. The van der Waals surface area contributed by atoms with Crippen LogP contribution in [0.5, 0.6) is 0 Å². The molecule has 0 aromatic heterocycles. The number of benzene rings is 1. The first-order valence-corrected chi connectivity index (χ1v) is 8.14. The van der Waals surface area contributed by atoms with Crippen LogP contribution in [0.15, 0.2) is 18.2 Å². The lowest BCUT2D eigenvalue weighted by molar-refractivity contribution is -0.139. The third-order valence-electron chi connectivity index (χ3n) is 3.05. The minimum atomic E-state index is -4.78. The zero-order valence-corrected chi connectivity index (χ0v) is 12.1. The fourth-order valence-corrected chi connectivity index (χ4v) is 2.76. The first kappa shape index (κ1) is 17.9. The molecular weight excluding hydrogens is 312 g/mol. The Kier molecular flexibility index (Phi) is 5.75. The van der Waals surface area contributed by atoms with E-state index in [0.29, 0.717) is 6.07 Å². The molecule has 0 aliphatic heterocycles. The van der Waals surface area contributed by atoms with Crippen LogP contribution >= 0.6 is 0 Å². The number of halogens is 4. The molecule has 0 aliphatic rings. The van der Waals surface area contributed by atoms with Crippen LogP contribution in [-0.4, -0.2) is 25.0 Å². The van der Waals surface area contributed by atoms with E-state index in [-0.39, 0.29) is 24.3 Å². The summed E-state index contributed by atoms with van der Waals surface area (Å²) in [5.74, 6) is -1.32. The summed E-state index contributed by atoms with van der Waals surface area (Å²) in [7, 11) is -3.24. The van der Waals surface area contributed by atoms with E-state index in [4.69, 9.17) is 0 Å². The first-order chi connectivity index (χ1) is 9.57. The Balaban J connectivity index is 2.86. The van der Waals surface area contributed by atoms with Crippen molar-refractivity contribution in [3.63, 3.8) is 0 Å². The second-order valence-corrected chi connectivity index (χ2v) is 7.10. The molecule has 0 saturated heterocycles. The van der Waals surface area contributed by atoms with Gasteiger partial charge in [0.05, 0.1) is 17.4 Å². The Morgan fingerprint density at radius 3 is 2.43 bits per heavy atom. The summed E-state index contributed by atoms with van der Waals surface area (Å²) in [6.45, 7) is 1.47. The molecule has 0 spiro atoms. The quantitative estimate of drug-likeness (QED) is 0.817. The lowest BCUT2D eigenvalue weighted by Gasteiger charge is -2.17. The second-order valence-electron chi connectivity index (χ2n) is 4.62. The standard InChI is InChI=1S/C13H16F4O3S/c1-2-21(19,20)7-3-4-12(18)10-6-5-9(14)8-11(10)13(15,16)17/h5-6,8,12,18H,2-4,7H2,1H3. The van der Waals surface area contributed by atoms with Crippen LogP contribution in [0.3, 0.4) is 0 Å². The molecule has 1 N–H and O–H groups in total. The molecule has 120 valence electrons. The van der Waals surface area contributed by atoms with Crippen LogP contribution in [-0.2, 0) is 16.0 Å². The highest BCUT2D eigenvalue weighted by Gasteiger charge is 2.35.